The van der Waals surface area contributed by atoms with Crippen molar-refractivity contribution in [2.45, 2.75) is 0 Å². The molecule has 4 nitrogen and oxygen atoms in total. The van der Waals surface area contributed by atoms with Gasteiger partial charge in [-0.05, 0) is 5.21 Å². The van der Waals surface area contributed by atoms with Gasteiger partial charge in [0, 0.05) is 0 Å². The molecule has 68 valence electrons. The van der Waals surface area contributed by atoms with Gasteiger partial charge in [0.05, 0.1) is 0 Å². The molecule has 0 fully saturated rings. The molecule has 0 aromatic carbocycles. The van der Waals surface area contributed by atoms with Crippen molar-refractivity contribution < 1.29 is 17.7 Å². The number of halogens is 4. The molecule has 0 amide bonds. The average molecular weight is 192 g/mol. The van der Waals surface area contributed by atoms with Crippen molar-refractivity contribution in [3.05, 3.63) is 17.6 Å². The quantitative estimate of drug-likeness (QED) is 0.461. The summed E-state index contributed by atoms with van der Waals surface area (Å²) in [5.41, 5.74) is -1.54. The molecule has 0 atom stereocenters. The van der Waals surface area contributed by atoms with E-state index in [1.807, 2.05) is 0 Å². The maximum atomic E-state index is 12.8. The fourth-order valence-electron chi connectivity index (χ4n) is 0.847. The van der Waals surface area contributed by atoms with Gasteiger partial charge in [-0.3, -0.25) is 0 Å². The Morgan fingerprint density at radius 3 is 2.46 bits per heavy atom. The highest BCUT2D eigenvalue weighted by atomic mass is 19.2. The lowest BCUT2D eigenvalue weighted by Crippen LogP contribution is -1.97. The molecule has 0 aliphatic heterocycles. The van der Waals surface area contributed by atoms with Crippen LogP contribution in [0.25, 0.3) is 11.2 Å². The summed E-state index contributed by atoms with van der Waals surface area (Å²) in [5.74, 6) is -5.23. The smallest absolute Gasteiger partial charge is 0.201 e. The molecule has 0 aliphatic carbocycles. The van der Waals surface area contributed by atoms with E-state index in [2.05, 4.69) is 15.3 Å². The molecule has 0 saturated heterocycles. The zero-order chi connectivity index (χ0) is 9.59. The molecule has 0 spiro atoms. The van der Waals surface area contributed by atoms with Crippen molar-refractivity contribution in [2.24, 2.45) is 0 Å². The summed E-state index contributed by atoms with van der Waals surface area (Å²) in [6.45, 7) is 0. The molecule has 13 heavy (non-hydrogen) atoms. The van der Waals surface area contributed by atoms with Crippen LogP contribution >= 0.6 is 0 Å². The molecule has 0 radical (unpaired) electrons. The second kappa shape index (κ2) is 2.38. The molecule has 2 aromatic heterocycles. The number of hydrogen-bond acceptors (Lipinski definition) is 3. The first-order chi connectivity index (χ1) is 6.11. The summed E-state index contributed by atoms with van der Waals surface area (Å²) >= 11 is 0. The van der Waals surface area contributed by atoms with E-state index in [9.17, 15) is 17.7 Å². The Bertz CT molecular complexity index is 479. The number of nitrogens with zero attached hydrogens (tertiary/aromatic N) is 4. The van der Waals surface area contributed by atoms with Crippen LogP contribution in [-0.4, -0.2) is 20.2 Å². The minimum absolute atomic E-state index is 0.514. The Morgan fingerprint density at radius 1 is 1.08 bits per heavy atom. The van der Waals surface area contributed by atoms with Gasteiger partial charge in [0.25, 0.3) is 5.95 Å². The third-order valence-electron chi connectivity index (χ3n) is 1.40. The Morgan fingerprint density at radius 2 is 1.77 bits per heavy atom. The Labute approximate surface area is 67.7 Å². The lowest BCUT2D eigenvalue weighted by Gasteiger charge is -1.93. The molecule has 0 aliphatic rings. The Balaban J connectivity index is 2.97. The van der Waals surface area contributed by atoms with Gasteiger partial charge in [-0.1, -0.05) is 9.39 Å². The number of hydrogen-bond donors (Lipinski definition) is 0. The third kappa shape index (κ3) is 0.945. The summed E-state index contributed by atoms with van der Waals surface area (Å²) in [6, 6.07) is 0. The molecular formula is C5F4N4. The van der Waals surface area contributed by atoms with E-state index in [4.69, 9.17) is 0 Å². The van der Waals surface area contributed by atoms with Crippen LogP contribution < -0.4 is 0 Å². The Kier molecular flexibility index (Phi) is 1.44. The van der Waals surface area contributed by atoms with E-state index in [0.29, 0.717) is 0 Å². The second-order valence-corrected chi connectivity index (χ2v) is 2.15. The van der Waals surface area contributed by atoms with Crippen molar-refractivity contribution in [3.63, 3.8) is 0 Å². The van der Waals surface area contributed by atoms with E-state index in [1.165, 1.54) is 0 Å². The molecule has 0 N–H and O–H groups in total. The normalized spacial score (nSPS) is 11.1. The highest BCUT2D eigenvalue weighted by molar-refractivity contribution is 5.69. The summed E-state index contributed by atoms with van der Waals surface area (Å²) in [4.78, 5) is 2.33. The SMILES string of the molecule is Fc1nc2nnn(F)c2c(F)c1F. The predicted octanol–water partition coefficient (Wildman–Crippen LogP) is 0.976. The lowest BCUT2D eigenvalue weighted by molar-refractivity contribution is 0.315. The van der Waals surface area contributed by atoms with E-state index >= 15 is 0 Å². The molecule has 0 unspecified atom stereocenters. The van der Waals surface area contributed by atoms with Gasteiger partial charge in [0.2, 0.25) is 11.5 Å². The maximum Gasteiger partial charge on any atom is 0.254 e. The van der Waals surface area contributed by atoms with Crippen molar-refractivity contribution in [2.75, 3.05) is 0 Å². The van der Waals surface area contributed by atoms with Crippen LogP contribution in [0.1, 0.15) is 0 Å². The first-order valence-corrected chi connectivity index (χ1v) is 3.03. The molecule has 2 rings (SSSR count). The summed E-state index contributed by atoms with van der Waals surface area (Å²) in [7, 11) is 0. The van der Waals surface area contributed by atoms with Crippen molar-refractivity contribution in [1.82, 2.24) is 20.2 Å². The molecule has 2 aromatic rings. The van der Waals surface area contributed by atoms with Gasteiger partial charge in [0.15, 0.2) is 11.3 Å². The predicted molar refractivity (Wildman–Crippen MR) is 31.7 cm³/mol. The van der Waals surface area contributed by atoms with E-state index in [0.717, 1.165) is 0 Å². The van der Waals surface area contributed by atoms with Crippen LogP contribution in [0.2, 0.25) is 0 Å². The van der Waals surface area contributed by atoms with Crippen LogP contribution in [-0.2, 0) is 0 Å². The van der Waals surface area contributed by atoms with Crippen molar-refractivity contribution >= 4 is 11.2 Å². The molecule has 8 heteroatoms. The van der Waals surface area contributed by atoms with Gasteiger partial charge in [-0.2, -0.15) is 13.8 Å². The van der Waals surface area contributed by atoms with E-state index in [-0.39, 0.29) is 0 Å². The lowest BCUT2D eigenvalue weighted by atomic mass is 10.4. The first-order valence-electron chi connectivity index (χ1n) is 3.03. The molecule has 0 bridgehead atoms. The number of pyridine rings is 1. The van der Waals surface area contributed by atoms with Crippen LogP contribution in [0, 0.1) is 17.6 Å². The van der Waals surface area contributed by atoms with Crippen molar-refractivity contribution in [1.29, 1.82) is 0 Å². The fraction of sp³-hybridized carbons (Fsp3) is 0. The molecular weight excluding hydrogens is 192 g/mol. The van der Waals surface area contributed by atoms with Crippen LogP contribution in [0.3, 0.4) is 0 Å². The van der Waals surface area contributed by atoms with Crippen LogP contribution in [0.5, 0.6) is 0 Å². The highest BCUT2D eigenvalue weighted by Gasteiger charge is 2.20. The zero-order valence-corrected chi connectivity index (χ0v) is 5.80. The maximum absolute atomic E-state index is 12.8. The summed E-state index contributed by atoms with van der Waals surface area (Å²) in [6.07, 6.45) is 0. The largest absolute Gasteiger partial charge is 0.254 e. The standard InChI is InChI=1S/C5F4N4/c6-1-2(7)4(8)10-5-3(1)13(9)12-11-5. The molecule has 0 saturated carbocycles. The zero-order valence-electron chi connectivity index (χ0n) is 5.80. The van der Waals surface area contributed by atoms with Gasteiger partial charge >= 0.3 is 0 Å². The van der Waals surface area contributed by atoms with Gasteiger partial charge in [-0.15, -0.1) is 5.10 Å². The van der Waals surface area contributed by atoms with Crippen LogP contribution in [0.4, 0.5) is 17.7 Å². The number of aromatic nitrogens is 4. The van der Waals surface area contributed by atoms with Gasteiger partial charge < -0.3 is 0 Å². The number of fused-ring (bicyclic) bond motifs is 1. The van der Waals surface area contributed by atoms with Crippen LogP contribution in [0.15, 0.2) is 0 Å². The fourth-order valence-corrected chi connectivity index (χ4v) is 0.847. The summed E-state index contributed by atoms with van der Waals surface area (Å²) < 4.78 is 50.1. The summed E-state index contributed by atoms with van der Waals surface area (Å²) in [5, 5.41) is 5.66. The number of rotatable bonds is 0. The van der Waals surface area contributed by atoms with Gasteiger partial charge in [-0.25, -0.2) is 4.39 Å². The first kappa shape index (κ1) is 7.90. The topological polar surface area (TPSA) is 43.6 Å². The highest BCUT2D eigenvalue weighted by Crippen LogP contribution is 2.17. The minimum Gasteiger partial charge on any atom is -0.201 e. The second-order valence-electron chi connectivity index (χ2n) is 2.15. The van der Waals surface area contributed by atoms with E-state index < -0.39 is 33.6 Å². The molecule has 2 heterocycles. The third-order valence-corrected chi connectivity index (χ3v) is 1.40. The monoisotopic (exact) mass is 192 g/mol. The minimum atomic E-state index is -1.85. The van der Waals surface area contributed by atoms with E-state index in [1.54, 1.807) is 0 Å². The average Bonchev–Trinajstić information content (AvgIpc) is 2.43. The van der Waals surface area contributed by atoms with Gasteiger partial charge in [0.1, 0.15) is 0 Å². The Hall–Kier alpha value is -1.73. The van der Waals surface area contributed by atoms with Crippen molar-refractivity contribution in [3.8, 4) is 0 Å².